The number of rotatable bonds is 18. The Kier molecular flexibility index (Phi) is 17.9. The van der Waals surface area contributed by atoms with Gasteiger partial charge in [-0.15, -0.1) is 7.92 Å². The van der Waals surface area contributed by atoms with Crippen molar-refractivity contribution >= 4 is 7.92 Å². The molecule has 3 nitrogen and oxygen atoms in total. The predicted octanol–water partition coefficient (Wildman–Crippen LogP) is 4.66. The van der Waals surface area contributed by atoms with E-state index >= 15 is 0 Å². The van der Waals surface area contributed by atoms with Crippen LogP contribution in [0.4, 0.5) is 0 Å². The van der Waals surface area contributed by atoms with Crippen molar-refractivity contribution in [1.82, 2.24) is 14.7 Å². The van der Waals surface area contributed by atoms with E-state index in [9.17, 15) is 0 Å². The lowest BCUT2D eigenvalue weighted by Gasteiger charge is -2.24. The first-order valence-electron chi connectivity index (χ1n) is 11.0. The molecule has 0 fully saturated rings. The lowest BCUT2D eigenvalue weighted by atomic mass is 10.4. The quantitative estimate of drug-likeness (QED) is 0.323. The minimum absolute atomic E-state index is 0.237. The van der Waals surface area contributed by atoms with Crippen molar-refractivity contribution in [3.63, 3.8) is 0 Å². The van der Waals surface area contributed by atoms with Crippen LogP contribution in [0.5, 0.6) is 0 Å². The van der Waals surface area contributed by atoms with E-state index in [1.807, 2.05) is 0 Å². The molecule has 0 saturated carbocycles. The second-order valence-corrected chi connectivity index (χ2v) is 9.67. The van der Waals surface area contributed by atoms with Gasteiger partial charge in [0.15, 0.2) is 0 Å². The van der Waals surface area contributed by atoms with Crippen molar-refractivity contribution < 1.29 is 0 Å². The maximum atomic E-state index is 2.58. The molecular formula is C21H48N3P. The van der Waals surface area contributed by atoms with Gasteiger partial charge in [-0.05, 0) is 96.7 Å². The third kappa shape index (κ3) is 13.2. The Balaban J connectivity index is 4.24. The van der Waals surface area contributed by atoms with Crippen LogP contribution in [-0.4, -0.2) is 92.1 Å². The molecule has 0 radical (unpaired) electrons. The van der Waals surface area contributed by atoms with Gasteiger partial charge in [-0.1, -0.05) is 41.5 Å². The van der Waals surface area contributed by atoms with Crippen LogP contribution in [-0.2, 0) is 0 Å². The molecule has 25 heavy (non-hydrogen) atoms. The van der Waals surface area contributed by atoms with E-state index in [0.717, 1.165) is 0 Å². The zero-order valence-corrected chi connectivity index (χ0v) is 19.3. The van der Waals surface area contributed by atoms with Gasteiger partial charge in [0.2, 0.25) is 0 Å². The summed E-state index contributed by atoms with van der Waals surface area (Å²) in [5, 5.41) is 0. The third-order valence-corrected chi connectivity index (χ3v) is 8.38. The fraction of sp³-hybridized carbons (Fsp3) is 1.00. The lowest BCUT2D eigenvalue weighted by molar-refractivity contribution is 0.302. The first kappa shape index (κ1) is 25.3. The summed E-state index contributed by atoms with van der Waals surface area (Å²) in [6, 6.07) is 0. The zero-order chi connectivity index (χ0) is 18.9. The van der Waals surface area contributed by atoms with E-state index in [2.05, 4.69) is 56.2 Å². The maximum Gasteiger partial charge on any atom is -0.00156 e. The Bertz CT molecular complexity index is 221. The lowest BCUT2D eigenvalue weighted by Crippen LogP contribution is -2.26. The molecule has 0 atom stereocenters. The normalized spacial score (nSPS) is 12.2. The van der Waals surface area contributed by atoms with Crippen LogP contribution in [0.3, 0.4) is 0 Å². The van der Waals surface area contributed by atoms with Gasteiger partial charge in [0.1, 0.15) is 0 Å². The average molecular weight is 374 g/mol. The Labute approximate surface area is 161 Å². The highest BCUT2D eigenvalue weighted by Crippen LogP contribution is 2.37. The Morgan fingerprint density at radius 1 is 0.440 bits per heavy atom. The molecule has 0 N–H and O–H groups in total. The summed E-state index contributed by atoms with van der Waals surface area (Å²) in [4.78, 5) is 7.75. The highest BCUT2D eigenvalue weighted by atomic mass is 31.1. The van der Waals surface area contributed by atoms with Gasteiger partial charge in [-0.2, -0.15) is 0 Å². The Morgan fingerprint density at radius 3 is 0.880 bits per heavy atom. The first-order valence-corrected chi connectivity index (χ1v) is 12.9. The van der Waals surface area contributed by atoms with Crippen molar-refractivity contribution in [1.29, 1.82) is 0 Å². The van der Waals surface area contributed by atoms with Crippen LogP contribution < -0.4 is 0 Å². The molecule has 4 heteroatoms. The van der Waals surface area contributed by atoms with E-state index in [1.54, 1.807) is 0 Å². The molecular weight excluding hydrogens is 325 g/mol. The molecule has 152 valence electrons. The van der Waals surface area contributed by atoms with E-state index in [0.29, 0.717) is 0 Å². The number of hydrogen-bond acceptors (Lipinski definition) is 3. The summed E-state index contributed by atoms with van der Waals surface area (Å²) in [5.41, 5.74) is 0. The summed E-state index contributed by atoms with van der Waals surface area (Å²) in [6.45, 7) is 24.9. The molecule has 0 aromatic carbocycles. The minimum atomic E-state index is 0.237. The first-order chi connectivity index (χ1) is 12.1. The second-order valence-electron chi connectivity index (χ2n) is 6.98. The van der Waals surface area contributed by atoms with Crippen LogP contribution in [0.1, 0.15) is 60.8 Å². The smallest absolute Gasteiger partial charge is 0.00156 e. The molecule has 0 rings (SSSR count). The number of nitrogens with zero attached hydrogens (tertiary/aromatic N) is 3. The minimum Gasteiger partial charge on any atom is -0.304 e. The Morgan fingerprint density at radius 2 is 0.680 bits per heavy atom. The molecule has 0 heterocycles. The van der Waals surface area contributed by atoms with E-state index in [-0.39, 0.29) is 7.92 Å². The van der Waals surface area contributed by atoms with E-state index < -0.39 is 0 Å². The topological polar surface area (TPSA) is 9.72 Å². The summed E-state index contributed by atoms with van der Waals surface area (Å²) in [6.07, 6.45) is 8.69. The summed E-state index contributed by atoms with van der Waals surface area (Å²) in [7, 11) is 0.237. The monoisotopic (exact) mass is 373 g/mol. The van der Waals surface area contributed by atoms with Crippen molar-refractivity contribution in [3.05, 3.63) is 0 Å². The molecule has 0 aromatic rings. The van der Waals surface area contributed by atoms with Crippen LogP contribution in [0.2, 0.25) is 0 Å². The second kappa shape index (κ2) is 17.7. The molecule has 0 aliphatic carbocycles. The predicted molar refractivity (Wildman–Crippen MR) is 119 cm³/mol. The van der Waals surface area contributed by atoms with Crippen LogP contribution in [0, 0.1) is 0 Å². The number of hydrogen-bond donors (Lipinski definition) is 0. The molecule has 0 aromatic heterocycles. The van der Waals surface area contributed by atoms with Gasteiger partial charge >= 0.3 is 0 Å². The highest BCUT2D eigenvalue weighted by molar-refractivity contribution is 7.57. The van der Waals surface area contributed by atoms with Crippen LogP contribution in [0.15, 0.2) is 0 Å². The van der Waals surface area contributed by atoms with Crippen molar-refractivity contribution in [2.45, 2.75) is 60.8 Å². The molecule has 0 amide bonds. The van der Waals surface area contributed by atoms with Crippen LogP contribution >= 0.6 is 7.92 Å². The van der Waals surface area contributed by atoms with Gasteiger partial charge in [0.25, 0.3) is 0 Å². The molecule has 0 aliphatic rings. The molecule has 0 spiro atoms. The third-order valence-electron chi connectivity index (χ3n) is 5.53. The summed E-state index contributed by atoms with van der Waals surface area (Å²) in [5.74, 6) is 0. The zero-order valence-electron chi connectivity index (χ0n) is 18.4. The van der Waals surface area contributed by atoms with Gasteiger partial charge in [0, 0.05) is 0 Å². The average Bonchev–Trinajstić information content (AvgIpc) is 2.65. The van der Waals surface area contributed by atoms with E-state index in [4.69, 9.17) is 0 Å². The van der Waals surface area contributed by atoms with Gasteiger partial charge in [0.05, 0.1) is 0 Å². The van der Waals surface area contributed by atoms with Gasteiger partial charge < -0.3 is 14.7 Å². The van der Waals surface area contributed by atoms with Gasteiger partial charge in [-0.25, -0.2) is 0 Å². The van der Waals surface area contributed by atoms with E-state index in [1.165, 1.54) is 96.7 Å². The summed E-state index contributed by atoms with van der Waals surface area (Å²) < 4.78 is 0. The fourth-order valence-electron chi connectivity index (χ4n) is 3.51. The largest absolute Gasteiger partial charge is 0.304 e. The van der Waals surface area contributed by atoms with Crippen molar-refractivity contribution in [2.24, 2.45) is 0 Å². The summed E-state index contributed by atoms with van der Waals surface area (Å²) >= 11 is 0. The van der Waals surface area contributed by atoms with Crippen molar-refractivity contribution in [3.8, 4) is 0 Å². The van der Waals surface area contributed by atoms with Crippen molar-refractivity contribution in [2.75, 3.05) is 77.4 Å². The highest BCUT2D eigenvalue weighted by Gasteiger charge is 2.11. The fourth-order valence-corrected chi connectivity index (χ4v) is 5.95. The molecule has 0 bridgehead atoms. The van der Waals surface area contributed by atoms with Gasteiger partial charge in [-0.3, -0.25) is 0 Å². The maximum absolute atomic E-state index is 2.58. The standard InChI is InChI=1S/C21H48N3P/c1-7-22(8-2)16-13-19-25(20-14-17-23(9-3)10-4)21-15-18-24(11-5)12-6/h7-21H2,1-6H3. The molecule has 0 saturated heterocycles. The SMILES string of the molecule is CCN(CC)CCCP(CCCN(CC)CC)CCCN(CC)CC. The van der Waals surface area contributed by atoms with Crippen LogP contribution in [0.25, 0.3) is 0 Å². The molecule has 0 aliphatic heterocycles. The molecule has 0 unspecified atom stereocenters. The Hall–Kier alpha value is 0.310.